The number of imide groups is 1. The average Bonchev–Trinajstić information content (AvgIpc) is 2.92. The molecule has 2 fully saturated rings. The minimum absolute atomic E-state index is 0.0655. The second-order valence-corrected chi connectivity index (χ2v) is 7.26. The van der Waals surface area contributed by atoms with E-state index in [1.54, 1.807) is 24.3 Å². The molecule has 2 aliphatic rings. The molecule has 1 aromatic heterocycles. The summed E-state index contributed by atoms with van der Waals surface area (Å²) in [4.78, 5) is 53.8. The van der Waals surface area contributed by atoms with Crippen LogP contribution in [0.1, 0.15) is 38.5 Å². The number of aryl methyl sites for hydroxylation is 1. The lowest BCUT2D eigenvalue weighted by Crippen LogP contribution is -2.51. The maximum atomic E-state index is 12.7. The van der Waals surface area contributed by atoms with Gasteiger partial charge in [0.15, 0.2) is 0 Å². The van der Waals surface area contributed by atoms with Crippen molar-refractivity contribution in [3.8, 4) is 0 Å². The second-order valence-electron chi connectivity index (χ2n) is 7.26. The predicted molar refractivity (Wildman–Crippen MR) is 100.0 cm³/mol. The van der Waals surface area contributed by atoms with Crippen molar-refractivity contribution in [3.63, 3.8) is 0 Å². The first-order chi connectivity index (χ1) is 13.5. The van der Waals surface area contributed by atoms with Crippen LogP contribution in [0.3, 0.4) is 0 Å². The third-order valence-electron chi connectivity index (χ3n) is 5.42. The number of carbonyl (C=O) groups excluding carboxylic acids is 3. The molecule has 4 amide bonds. The summed E-state index contributed by atoms with van der Waals surface area (Å²) in [6.45, 7) is 0.0945. The number of hydrazine groups is 1. The quantitative estimate of drug-likeness (QED) is 0.767. The average molecular weight is 383 g/mol. The standard InChI is InChI=1S/C19H21N5O4/c25-15(8-11-23-12-20-14-7-3-2-6-13(14)16(23)26)22-24-17(27)19(21-18(24)28)9-4-1-5-10-19/h2-3,6-7,12H,1,4-5,8-11H2,(H,21,28)(H,22,25). The Morgan fingerprint density at radius 3 is 2.68 bits per heavy atom. The van der Waals surface area contributed by atoms with Crippen molar-refractivity contribution in [2.45, 2.75) is 50.6 Å². The topological polar surface area (TPSA) is 113 Å². The van der Waals surface area contributed by atoms with Crippen molar-refractivity contribution in [2.75, 3.05) is 0 Å². The Hall–Kier alpha value is -3.23. The zero-order chi connectivity index (χ0) is 19.7. The first-order valence-electron chi connectivity index (χ1n) is 9.41. The van der Waals surface area contributed by atoms with Crippen LogP contribution in [0.2, 0.25) is 0 Å². The summed E-state index contributed by atoms with van der Waals surface area (Å²) in [5.41, 5.74) is 1.83. The number of hydrogen-bond acceptors (Lipinski definition) is 5. The van der Waals surface area contributed by atoms with E-state index in [0.29, 0.717) is 23.7 Å². The van der Waals surface area contributed by atoms with Crippen molar-refractivity contribution in [2.24, 2.45) is 0 Å². The molecular weight excluding hydrogens is 362 g/mol. The predicted octanol–water partition coefficient (Wildman–Crippen LogP) is 1.07. The zero-order valence-electron chi connectivity index (χ0n) is 15.3. The molecule has 2 heterocycles. The summed E-state index contributed by atoms with van der Waals surface area (Å²) in [6, 6.07) is 6.36. The number of aromatic nitrogens is 2. The summed E-state index contributed by atoms with van der Waals surface area (Å²) in [7, 11) is 0. The Kier molecular flexibility index (Phi) is 4.58. The highest BCUT2D eigenvalue weighted by Gasteiger charge is 2.52. The monoisotopic (exact) mass is 383 g/mol. The number of amides is 4. The van der Waals surface area contributed by atoms with Gasteiger partial charge in [0.05, 0.1) is 17.2 Å². The van der Waals surface area contributed by atoms with Crippen LogP contribution in [0.4, 0.5) is 4.79 Å². The molecule has 2 N–H and O–H groups in total. The molecule has 1 saturated carbocycles. The first-order valence-corrected chi connectivity index (χ1v) is 9.41. The Bertz CT molecular complexity index is 1010. The largest absolute Gasteiger partial charge is 0.344 e. The molecule has 0 unspecified atom stereocenters. The van der Waals surface area contributed by atoms with E-state index < -0.39 is 23.4 Å². The lowest BCUT2D eigenvalue weighted by atomic mass is 9.82. The zero-order valence-corrected chi connectivity index (χ0v) is 15.3. The molecule has 0 atom stereocenters. The van der Waals surface area contributed by atoms with Crippen LogP contribution in [0.25, 0.3) is 10.9 Å². The van der Waals surface area contributed by atoms with Crippen LogP contribution < -0.4 is 16.3 Å². The van der Waals surface area contributed by atoms with Crippen molar-refractivity contribution in [3.05, 3.63) is 40.9 Å². The van der Waals surface area contributed by atoms with Gasteiger partial charge in [-0.2, -0.15) is 5.01 Å². The fourth-order valence-electron chi connectivity index (χ4n) is 3.88. The fraction of sp³-hybridized carbons (Fsp3) is 0.421. The van der Waals surface area contributed by atoms with Crippen LogP contribution in [-0.2, 0) is 16.1 Å². The summed E-state index contributed by atoms with van der Waals surface area (Å²) >= 11 is 0. The lowest BCUT2D eigenvalue weighted by molar-refractivity contribution is -0.140. The summed E-state index contributed by atoms with van der Waals surface area (Å²) in [5, 5.41) is 3.98. The molecule has 0 bridgehead atoms. The number of benzene rings is 1. The molecule has 2 aromatic rings. The fourth-order valence-corrected chi connectivity index (χ4v) is 3.88. The van der Waals surface area contributed by atoms with E-state index in [1.807, 2.05) is 0 Å². The molecule has 4 rings (SSSR count). The molecule has 1 saturated heterocycles. The van der Waals surface area contributed by atoms with Gasteiger partial charge < -0.3 is 5.32 Å². The van der Waals surface area contributed by atoms with Gasteiger partial charge in [0, 0.05) is 13.0 Å². The van der Waals surface area contributed by atoms with Crippen LogP contribution in [0.5, 0.6) is 0 Å². The molecule has 9 heteroatoms. The third kappa shape index (κ3) is 3.12. The van der Waals surface area contributed by atoms with Crippen molar-refractivity contribution in [1.82, 2.24) is 25.3 Å². The van der Waals surface area contributed by atoms with Crippen molar-refractivity contribution in [1.29, 1.82) is 0 Å². The SMILES string of the molecule is O=C(CCn1cnc2ccccc2c1=O)NN1C(=O)NC2(CCCCC2)C1=O. The maximum Gasteiger partial charge on any atom is 0.344 e. The second kappa shape index (κ2) is 7.06. The van der Waals surface area contributed by atoms with Gasteiger partial charge in [-0.15, -0.1) is 0 Å². The third-order valence-corrected chi connectivity index (χ3v) is 5.42. The van der Waals surface area contributed by atoms with E-state index in [1.165, 1.54) is 10.9 Å². The maximum absolute atomic E-state index is 12.7. The highest BCUT2D eigenvalue weighted by atomic mass is 16.2. The summed E-state index contributed by atoms with van der Waals surface area (Å²) in [6.07, 6.45) is 5.26. The van der Waals surface area contributed by atoms with Crippen LogP contribution in [0.15, 0.2) is 35.4 Å². The van der Waals surface area contributed by atoms with Gasteiger partial charge >= 0.3 is 6.03 Å². The lowest BCUT2D eigenvalue weighted by Gasteiger charge is -2.30. The minimum Gasteiger partial charge on any atom is -0.322 e. The van der Waals surface area contributed by atoms with Gasteiger partial charge in [-0.1, -0.05) is 31.4 Å². The van der Waals surface area contributed by atoms with Gasteiger partial charge in [0.25, 0.3) is 11.5 Å². The normalized spacial score (nSPS) is 18.5. The molecule has 1 spiro atoms. The molecule has 1 aromatic carbocycles. The van der Waals surface area contributed by atoms with E-state index in [-0.39, 0.29) is 18.5 Å². The van der Waals surface area contributed by atoms with Gasteiger partial charge in [0.2, 0.25) is 5.91 Å². The Morgan fingerprint density at radius 1 is 1.14 bits per heavy atom. The number of rotatable bonds is 4. The van der Waals surface area contributed by atoms with E-state index in [9.17, 15) is 19.2 Å². The number of urea groups is 1. The van der Waals surface area contributed by atoms with Gasteiger partial charge in [0.1, 0.15) is 5.54 Å². The van der Waals surface area contributed by atoms with E-state index in [2.05, 4.69) is 15.7 Å². The molecule has 9 nitrogen and oxygen atoms in total. The Labute approximate surface area is 160 Å². The van der Waals surface area contributed by atoms with Crippen molar-refractivity contribution >= 4 is 28.7 Å². The molecule has 28 heavy (non-hydrogen) atoms. The number of nitrogens with zero attached hydrogens (tertiary/aromatic N) is 3. The van der Waals surface area contributed by atoms with Gasteiger partial charge in [-0.25, -0.2) is 9.78 Å². The number of fused-ring (bicyclic) bond motifs is 1. The van der Waals surface area contributed by atoms with E-state index in [0.717, 1.165) is 24.3 Å². The van der Waals surface area contributed by atoms with Gasteiger partial charge in [-0.3, -0.25) is 24.4 Å². The van der Waals surface area contributed by atoms with E-state index in [4.69, 9.17) is 0 Å². The number of nitrogens with one attached hydrogen (secondary N) is 2. The van der Waals surface area contributed by atoms with Crippen molar-refractivity contribution < 1.29 is 14.4 Å². The molecule has 1 aliphatic carbocycles. The number of hydrogen-bond donors (Lipinski definition) is 2. The van der Waals surface area contributed by atoms with Crippen LogP contribution in [-0.4, -0.2) is 37.9 Å². The highest BCUT2D eigenvalue weighted by Crippen LogP contribution is 2.32. The Morgan fingerprint density at radius 2 is 1.89 bits per heavy atom. The van der Waals surface area contributed by atoms with Crippen LogP contribution >= 0.6 is 0 Å². The molecule has 146 valence electrons. The Balaban J connectivity index is 1.41. The van der Waals surface area contributed by atoms with Crippen LogP contribution in [0, 0.1) is 0 Å². The molecular formula is C19H21N5O4. The number of para-hydroxylation sites is 1. The summed E-state index contributed by atoms with van der Waals surface area (Å²) in [5.74, 6) is -0.925. The van der Waals surface area contributed by atoms with E-state index >= 15 is 0 Å². The smallest absolute Gasteiger partial charge is 0.322 e. The molecule has 1 aliphatic heterocycles. The first kappa shape index (κ1) is 18.1. The highest BCUT2D eigenvalue weighted by molar-refractivity contribution is 6.08. The summed E-state index contributed by atoms with van der Waals surface area (Å²) < 4.78 is 1.34. The number of carbonyl (C=O) groups is 3. The van der Waals surface area contributed by atoms with Gasteiger partial charge in [-0.05, 0) is 25.0 Å². The molecule has 0 radical (unpaired) electrons. The minimum atomic E-state index is -0.887.